The molecule has 1 aromatic heterocycles. The third-order valence-corrected chi connectivity index (χ3v) is 4.28. The van der Waals surface area contributed by atoms with Gasteiger partial charge in [-0.05, 0) is 30.3 Å². The first kappa shape index (κ1) is 20.3. The van der Waals surface area contributed by atoms with E-state index in [0.29, 0.717) is 15.5 Å². The zero-order valence-electron chi connectivity index (χ0n) is 14.8. The quantitative estimate of drug-likeness (QED) is 0.557. The number of para-hydroxylation sites is 1. The van der Waals surface area contributed by atoms with E-state index in [1.54, 1.807) is 36.1 Å². The van der Waals surface area contributed by atoms with Crippen molar-refractivity contribution in [1.29, 1.82) is 0 Å². The van der Waals surface area contributed by atoms with Crippen LogP contribution in [0.1, 0.15) is 10.4 Å². The summed E-state index contributed by atoms with van der Waals surface area (Å²) in [5.41, 5.74) is 6.13. The Hall–Kier alpha value is -3.41. The van der Waals surface area contributed by atoms with Crippen molar-refractivity contribution in [1.82, 2.24) is 9.55 Å². The van der Waals surface area contributed by atoms with Gasteiger partial charge >= 0.3 is 12.4 Å². The molecule has 152 valence electrons. The van der Waals surface area contributed by atoms with Gasteiger partial charge in [0.25, 0.3) is 0 Å². The maximum absolute atomic E-state index is 12.7. The van der Waals surface area contributed by atoms with Gasteiger partial charge in [-0.25, -0.2) is 14.1 Å². The maximum Gasteiger partial charge on any atom is 0.573 e. The summed E-state index contributed by atoms with van der Waals surface area (Å²) in [6.07, 6.45) is -3.47. The summed E-state index contributed by atoms with van der Waals surface area (Å²) < 4.78 is 44.3. The van der Waals surface area contributed by atoms with E-state index in [2.05, 4.69) is 27.9 Å². The molecule has 1 heterocycles. The number of carbonyl (C=O) groups is 2. The molecular formula is C17H14F3N5O3S. The molecule has 3 aromatic rings. The third-order valence-electron chi connectivity index (χ3n) is 3.89. The highest BCUT2D eigenvalue weighted by Gasteiger charge is 2.33. The number of primary amides is 1. The standard InChI is InChI=1S/C17H14F3N5O3S/c1-24-8-22-14-10(3-2-4-11(14)24)23-16(27)25(29)12-7-9(15(21)26)5-6-13(12)28-17(18,19)20/h2-8,29H,1H3,(H2,21,26)(H,23,27). The molecule has 0 fully saturated rings. The average Bonchev–Trinajstić information content (AvgIpc) is 3.02. The number of imidazole rings is 1. The Bertz CT molecular complexity index is 1100. The second kappa shape index (κ2) is 7.54. The van der Waals surface area contributed by atoms with E-state index in [4.69, 9.17) is 5.73 Å². The van der Waals surface area contributed by atoms with Crippen LogP contribution in [-0.2, 0) is 7.05 Å². The number of halogens is 3. The van der Waals surface area contributed by atoms with Crippen molar-refractivity contribution in [3.05, 3.63) is 48.3 Å². The number of aryl methyl sites for hydroxylation is 1. The number of nitrogens with zero attached hydrogens (tertiary/aromatic N) is 3. The number of hydrogen-bond donors (Lipinski definition) is 3. The Morgan fingerprint density at radius 3 is 2.66 bits per heavy atom. The summed E-state index contributed by atoms with van der Waals surface area (Å²) in [6.45, 7) is 0. The molecule has 8 nitrogen and oxygen atoms in total. The van der Waals surface area contributed by atoms with Crippen LogP contribution in [0.5, 0.6) is 5.75 Å². The molecule has 2 aromatic carbocycles. The van der Waals surface area contributed by atoms with E-state index in [-0.39, 0.29) is 5.56 Å². The van der Waals surface area contributed by atoms with E-state index in [1.807, 2.05) is 0 Å². The number of rotatable bonds is 4. The predicted octanol–water partition coefficient (Wildman–Crippen LogP) is 3.45. The van der Waals surface area contributed by atoms with Gasteiger partial charge in [0.2, 0.25) is 5.91 Å². The van der Waals surface area contributed by atoms with Crippen molar-refractivity contribution in [2.75, 3.05) is 9.62 Å². The molecule has 0 radical (unpaired) electrons. The second-order valence-electron chi connectivity index (χ2n) is 5.87. The van der Waals surface area contributed by atoms with Crippen LogP contribution in [0.3, 0.4) is 0 Å². The molecule has 12 heteroatoms. The van der Waals surface area contributed by atoms with E-state index < -0.39 is 29.7 Å². The molecule has 0 bridgehead atoms. The van der Waals surface area contributed by atoms with Gasteiger partial charge in [-0.2, -0.15) is 0 Å². The Kier molecular flexibility index (Phi) is 5.29. The molecule has 0 aliphatic rings. The van der Waals surface area contributed by atoms with Crippen molar-refractivity contribution in [3.8, 4) is 5.75 Å². The second-order valence-corrected chi connectivity index (χ2v) is 6.27. The van der Waals surface area contributed by atoms with Gasteiger partial charge in [0.05, 0.1) is 17.5 Å². The van der Waals surface area contributed by atoms with Crippen LogP contribution in [0.2, 0.25) is 0 Å². The van der Waals surface area contributed by atoms with Crippen LogP contribution in [0.25, 0.3) is 11.0 Å². The summed E-state index contributed by atoms with van der Waals surface area (Å²) >= 11 is 3.98. The lowest BCUT2D eigenvalue weighted by atomic mass is 10.1. The summed E-state index contributed by atoms with van der Waals surface area (Å²) in [5, 5.41) is 2.52. The normalized spacial score (nSPS) is 11.3. The number of anilines is 2. The zero-order valence-corrected chi connectivity index (χ0v) is 15.7. The SMILES string of the molecule is Cn1cnc2c(NC(=O)N(S)c3cc(C(N)=O)ccc3OC(F)(F)F)cccc21. The monoisotopic (exact) mass is 425 g/mol. The fourth-order valence-corrected chi connectivity index (χ4v) is 2.79. The first-order chi connectivity index (χ1) is 13.6. The number of urea groups is 1. The largest absolute Gasteiger partial charge is 0.573 e. The van der Waals surface area contributed by atoms with Crippen LogP contribution in [0, 0.1) is 0 Å². The highest BCUT2D eigenvalue weighted by atomic mass is 32.1. The molecule has 29 heavy (non-hydrogen) atoms. The molecule has 0 aliphatic carbocycles. The fraction of sp³-hybridized carbons (Fsp3) is 0.118. The van der Waals surface area contributed by atoms with Gasteiger partial charge in [0.15, 0.2) is 5.75 Å². The van der Waals surface area contributed by atoms with Crippen molar-refractivity contribution in [3.63, 3.8) is 0 Å². The lowest BCUT2D eigenvalue weighted by molar-refractivity contribution is -0.274. The van der Waals surface area contributed by atoms with Gasteiger partial charge in [-0.1, -0.05) is 18.9 Å². The minimum atomic E-state index is -5.02. The Balaban J connectivity index is 1.95. The van der Waals surface area contributed by atoms with E-state index in [1.165, 1.54) is 0 Å². The molecular weight excluding hydrogens is 411 g/mol. The van der Waals surface area contributed by atoms with Crippen molar-refractivity contribution in [2.45, 2.75) is 6.36 Å². The summed E-state index contributed by atoms with van der Waals surface area (Å²) in [7, 11) is 1.77. The number of nitrogens with one attached hydrogen (secondary N) is 1. The van der Waals surface area contributed by atoms with Gasteiger partial charge < -0.3 is 20.4 Å². The lowest BCUT2D eigenvalue weighted by Gasteiger charge is -2.21. The number of thiol groups is 1. The average molecular weight is 425 g/mol. The molecule has 3 amide bonds. The molecule has 0 spiro atoms. The third kappa shape index (κ3) is 4.37. The number of nitrogens with two attached hydrogens (primary N) is 1. The maximum atomic E-state index is 12.7. The van der Waals surface area contributed by atoms with E-state index >= 15 is 0 Å². The minimum Gasteiger partial charge on any atom is -0.404 e. The van der Waals surface area contributed by atoms with Crippen LogP contribution < -0.4 is 20.1 Å². The Labute approximate surface area is 167 Å². The minimum absolute atomic E-state index is 0.131. The number of alkyl halides is 3. The molecule has 3 N–H and O–H groups in total. The zero-order chi connectivity index (χ0) is 21.3. The number of carbonyl (C=O) groups excluding carboxylic acids is 2. The molecule has 0 aliphatic heterocycles. The number of ether oxygens (including phenoxy) is 1. The lowest BCUT2D eigenvalue weighted by Crippen LogP contribution is -2.28. The highest BCUT2D eigenvalue weighted by Crippen LogP contribution is 2.35. The van der Waals surface area contributed by atoms with Crippen LogP contribution in [0.4, 0.5) is 29.3 Å². The number of hydrogen-bond acceptors (Lipinski definition) is 5. The van der Waals surface area contributed by atoms with Crippen LogP contribution in [-0.4, -0.2) is 27.9 Å². The molecule has 3 rings (SSSR count). The highest BCUT2D eigenvalue weighted by molar-refractivity contribution is 7.82. The first-order valence-corrected chi connectivity index (χ1v) is 8.36. The van der Waals surface area contributed by atoms with Crippen molar-refractivity contribution in [2.24, 2.45) is 12.8 Å². The predicted molar refractivity (Wildman–Crippen MR) is 103 cm³/mol. The number of amides is 3. The molecule has 0 saturated carbocycles. The van der Waals surface area contributed by atoms with Crippen molar-refractivity contribution >= 4 is 47.2 Å². The molecule has 0 unspecified atom stereocenters. The Morgan fingerprint density at radius 2 is 2.00 bits per heavy atom. The fourth-order valence-electron chi connectivity index (χ4n) is 2.58. The smallest absolute Gasteiger partial charge is 0.404 e. The first-order valence-electron chi connectivity index (χ1n) is 7.96. The Morgan fingerprint density at radius 1 is 1.28 bits per heavy atom. The van der Waals surface area contributed by atoms with E-state index in [9.17, 15) is 22.8 Å². The van der Waals surface area contributed by atoms with Gasteiger partial charge in [-0.15, -0.1) is 13.2 Å². The van der Waals surface area contributed by atoms with Gasteiger partial charge in [0, 0.05) is 12.6 Å². The van der Waals surface area contributed by atoms with E-state index in [0.717, 1.165) is 23.7 Å². The van der Waals surface area contributed by atoms with Crippen LogP contribution in [0.15, 0.2) is 42.7 Å². The summed E-state index contributed by atoms with van der Waals surface area (Å²) in [5.74, 6) is -1.63. The topological polar surface area (TPSA) is 102 Å². The van der Waals surface area contributed by atoms with Gasteiger partial charge in [-0.3, -0.25) is 4.79 Å². The summed E-state index contributed by atoms with van der Waals surface area (Å²) in [6, 6.07) is 7.01. The number of aromatic nitrogens is 2. The molecule has 0 saturated heterocycles. The van der Waals surface area contributed by atoms with Gasteiger partial charge in [0.1, 0.15) is 11.2 Å². The number of fused-ring (bicyclic) bond motifs is 1. The number of benzene rings is 2. The van der Waals surface area contributed by atoms with Crippen LogP contribution >= 0.6 is 12.8 Å². The van der Waals surface area contributed by atoms with Crippen molar-refractivity contribution < 1.29 is 27.5 Å². The molecule has 0 atom stereocenters. The summed E-state index contributed by atoms with van der Waals surface area (Å²) in [4.78, 5) is 28.2.